The molecule has 0 spiro atoms. The Bertz CT molecular complexity index is 544. The molecule has 0 amide bonds. The number of hydrogen-bond donors (Lipinski definition) is 0. The minimum Gasteiger partial charge on any atom is -0.307 e. The average Bonchev–Trinajstić information content (AvgIpc) is 2.84. The second-order valence-corrected chi connectivity index (χ2v) is 5.32. The molecule has 0 aliphatic carbocycles. The monoisotopic (exact) mass is 243 g/mol. The Labute approximate surface area is 108 Å². The van der Waals surface area contributed by atoms with Crippen LogP contribution in [-0.2, 0) is 0 Å². The lowest BCUT2D eigenvalue weighted by molar-refractivity contribution is 0.216. The van der Waals surface area contributed by atoms with E-state index in [2.05, 4.69) is 47.7 Å². The number of nitrogens with zero attached hydrogens (tertiary/aromatic N) is 3. The maximum Gasteiger partial charge on any atom is 0.139 e. The summed E-state index contributed by atoms with van der Waals surface area (Å²) in [5, 5.41) is 0. The number of aryl methyl sites for hydroxylation is 1. The molecule has 2 aromatic heterocycles. The second-order valence-electron chi connectivity index (χ2n) is 5.32. The third kappa shape index (κ3) is 2.03. The number of piperidine rings is 1. The van der Waals surface area contributed by atoms with Crippen LogP contribution in [0.15, 0.2) is 24.5 Å². The highest BCUT2D eigenvalue weighted by Gasteiger charge is 2.22. The summed E-state index contributed by atoms with van der Waals surface area (Å²) in [6, 6.07) is 4.22. The zero-order valence-electron chi connectivity index (χ0n) is 11.3. The van der Waals surface area contributed by atoms with Gasteiger partial charge >= 0.3 is 0 Å². The molecule has 3 nitrogen and oxygen atoms in total. The first-order valence-electron chi connectivity index (χ1n) is 6.94. The molecule has 1 saturated heterocycles. The third-order valence-electron chi connectivity index (χ3n) is 4.07. The smallest absolute Gasteiger partial charge is 0.139 e. The van der Waals surface area contributed by atoms with Crippen molar-refractivity contribution >= 4 is 5.65 Å². The molecule has 1 unspecified atom stereocenters. The number of aromatic nitrogens is 2. The van der Waals surface area contributed by atoms with Gasteiger partial charge in [-0.15, -0.1) is 0 Å². The lowest BCUT2D eigenvalue weighted by Gasteiger charge is -2.30. The van der Waals surface area contributed by atoms with Crippen molar-refractivity contribution in [2.75, 3.05) is 19.6 Å². The van der Waals surface area contributed by atoms with E-state index < -0.39 is 0 Å². The van der Waals surface area contributed by atoms with Crippen molar-refractivity contribution in [1.29, 1.82) is 0 Å². The molecule has 1 fully saturated rings. The van der Waals surface area contributed by atoms with Gasteiger partial charge in [0, 0.05) is 24.9 Å². The minimum atomic E-state index is 0.609. The zero-order valence-corrected chi connectivity index (χ0v) is 11.3. The van der Waals surface area contributed by atoms with Gasteiger partial charge in [-0.1, -0.05) is 13.0 Å². The van der Waals surface area contributed by atoms with Crippen LogP contribution in [0.5, 0.6) is 0 Å². The average molecular weight is 243 g/mol. The topological polar surface area (TPSA) is 20.5 Å². The van der Waals surface area contributed by atoms with Crippen molar-refractivity contribution in [3.05, 3.63) is 35.8 Å². The van der Waals surface area contributed by atoms with Gasteiger partial charge in [-0.05, 0) is 44.5 Å². The first kappa shape index (κ1) is 11.7. The van der Waals surface area contributed by atoms with Crippen LogP contribution in [0, 0.1) is 6.92 Å². The van der Waals surface area contributed by atoms with Crippen molar-refractivity contribution in [3.63, 3.8) is 0 Å². The Morgan fingerprint density at radius 3 is 3.11 bits per heavy atom. The van der Waals surface area contributed by atoms with E-state index in [1.54, 1.807) is 0 Å². The van der Waals surface area contributed by atoms with E-state index in [0.717, 1.165) is 12.2 Å². The summed E-state index contributed by atoms with van der Waals surface area (Å²) >= 11 is 0. The molecule has 0 radical (unpaired) electrons. The van der Waals surface area contributed by atoms with Crippen molar-refractivity contribution in [2.45, 2.75) is 32.6 Å². The normalized spacial score (nSPS) is 21.6. The molecular weight excluding hydrogens is 222 g/mol. The fourth-order valence-electron chi connectivity index (χ4n) is 2.95. The van der Waals surface area contributed by atoms with Gasteiger partial charge in [-0.3, -0.25) is 0 Å². The molecule has 2 aromatic rings. The molecule has 0 saturated carbocycles. The first-order valence-corrected chi connectivity index (χ1v) is 6.94. The lowest BCUT2D eigenvalue weighted by atomic mass is 9.95. The van der Waals surface area contributed by atoms with Crippen molar-refractivity contribution < 1.29 is 0 Å². The molecular formula is C15H21N3. The Morgan fingerprint density at radius 2 is 2.33 bits per heavy atom. The van der Waals surface area contributed by atoms with Gasteiger partial charge in [-0.2, -0.15) is 0 Å². The van der Waals surface area contributed by atoms with Crippen LogP contribution in [0.3, 0.4) is 0 Å². The minimum absolute atomic E-state index is 0.609. The molecule has 0 N–H and O–H groups in total. The fourth-order valence-corrected chi connectivity index (χ4v) is 2.95. The standard InChI is InChI=1S/C15H21N3/c1-3-17-8-5-7-13(10-17)14-11-18-9-4-6-12(2)15(18)16-14/h4,6,9,11,13H,3,5,7-8,10H2,1-2H3. The predicted octanol–water partition coefficient (Wildman–Crippen LogP) is 2.84. The SMILES string of the molecule is CCN1CCCC(c2cn3cccc(C)c3n2)C1. The molecule has 0 aromatic carbocycles. The molecule has 0 bridgehead atoms. The summed E-state index contributed by atoms with van der Waals surface area (Å²) < 4.78 is 2.16. The van der Waals surface area contributed by atoms with Gasteiger partial charge in [0.2, 0.25) is 0 Å². The van der Waals surface area contributed by atoms with Crippen LogP contribution in [-0.4, -0.2) is 33.9 Å². The van der Waals surface area contributed by atoms with Crippen LogP contribution < -0.4 is 0 Å². The van der Waals surface area contributed by atoms with Gasteiger partial charge in [-0.25, -0.2) is 4.98 Å². The highest BCUT2D eigenvalue weighted by atomic mass is 15.1. The summed E-state index contributed by atoms with van der Waals surface area (Å²) in [6.45, 7) is 7.95. The van der Waals surface area contributed by atoms with Gasteiger partial charge in [0.1, 0.15) is 5.65 Å². The van der Waals surface area contributed by atoms with E-state index in [1.165, 1.54) is 37.2 Å². The van der Waals surface area contributed by atoms with E-state index in [4.69, 9.17) is 4.98 Å². The fraction of sp³-hybridized carbons (Fsp3) is 0.533. The Kier molecular flexibility index (Phi) is 3.08. The first-order chi connectivity index (χ1) is 8.78. The summed E-state index contributed by atoms with van der Waals surface area (Å²) in [6.07, 6.45) is 6.89. The Balaban J connectivity index is 1.92. The molecule has 1 atom stereocenters. The van der Waals surface area contributed by atoms with Crippen molar-refractivity contribution in [3.8, 4) is 0 Å². The molecule has 3 rings (SSSR count). The number of likely N-dealkylation sites (tertiary alicyclic amines) is 1. The quantitative estimate of drug-likeness (QED) is 0.808. The van der Waals surface area contributed by atoms with E-state index in [0.29, 0.717) is 5.92 Å². The van der Waals surface area contributed by atoms with E-state index in [-0.39, 0.29) is 0 Å². The van der Waals surface area contributed by atoms with E-state index in [9.17, 15) is 0 Å². The van der Waals surface area contributed by atoms with Crippen LogP contribution in [0.2, 0.25) is 0 Å². The summed E-state index contributed by atoms with van der Waals surface area (Å²) in [5.74, 6) is 0.609. The number of fused-ring (bicyclic) bond motifs is 1. The zero-order chi connectivity index (χ0) is 12.5. The van der Waals surface area contributed by atoms with Crippen molar-refractivity contribution in [1.82, 2.24) is 14.3 Å². The number of imidazole rings is 1. The van der Waals surface area contributed by atoms with E-state index in [1.807, 2.05) is 0 Å². The van der Waals surface area contributed by atoms with Crippen LogP contribution in [0.4, 0.5) is 0 Å². The summed E-state index contributed by atoms with van der Waals surface area (Å²) in [5.41, 5.74) is 3.63. The van der Waals surface area contributed by atoms with Gasteiger partial charge in [0.25, 0.3) is 0 Å². The number of rotatable bonds is 2. The molecule has 18 heavy (non-hydrogen) atoms. The van der Waals surface area contributed by atoms with Gasteiger partial charge < -0.3 is 9.30 Å². The highest BCUT2D eigenvalue weighted by molar-refractivity contribution is 5.48. The molecule has 1 aliphatic heterocycles. The Hall–Kier alpha value is -1.35. The highest BCUT2D eigenvalue weighted by Crippen LogP contribution is 2.26. The maximum absolute atomic E-state index is 4.84. The number of hydrogen-bond acceptors (Lipinski definition) is 2. The van der Waals surface area contributed by atoms with Gasteiger partial charge in [0.05, 0.1) is 5.69 Å². The molecule has 1 aliphatic rings. The number of pyridine rings is 1. The summed E-state index contributed by atoms with van der Waals surface area (Å²) in [7, 11) is 0. The maximum atomic E-state index is 4.84. The third-order valence-corrected chi connectivity index (χ3v) is 4.07. The lowest BCUT2D eigenvalue weighted by Crippen LogP contribution is -2.34. The van der Waals surface area contributed by atoms with Crippen LogP contribution in [0.25, 0.3) is 5.65 Å². The van der Waals surface area contributed by atoms with Gasteiger partial charge in [0.15, 0.2) is 0 Å². The van der Waals surface area contributed by atoms with E-state index >= 15 is 0 Å². The predicted molar refractivity (Wildman–Crippen MR) is 74.0 cm³/mol. The molecule has 3 heterocycles. The second kappa shape index (κ2) is 4.73. The summed E-state index contributed by atoms with van der Waals surface area (Å²) in [4.78, 5) is 7.37. The largest absolute Gasteiger partial charge is 0.307 e. The molecule has 96 valence electrons. The Morgan fingerprint density at radius 1 is 1.44 bits per heavy atom. The molecule has 3 heteroatoms. The van der Waals surface area contributed by atoms with Crippen LogP contribution in [0.1, 0.15) is 36.9 Å². The number of likely N-dealkylation sites (N-methyl/N-ethyl adjacent to an activating group) is 1. The van der Waals surface area contributed by atoms with Crippen LogP contribution >= 0.6 is 0 Å². The van der Waals surface area contributed by atoms with Crippen molar-refractivity contribution in [2.24, 2.45) is 0 Å².